The van der Waals surface area contributed by atoms with Gasteiger partial charge in [-0.15, -0.1) is 0 Å². The average Bonchev–Trinajstić information content (AvgIpc) is 2.04. The van der Waals surface area contributed by atoms with E-state index < -0.39 is 5.60 Å². The maximum Gasteiger partial charge on any atom is 0.148 e. The smallest absolute Gasteiger partial charge is 0.148 e. The highest BCUT2D eigenvalue weighted by atomic mass is 16.3. The van der Waals surface area contributed by atoms with Gasteiger partial charge in [-0.05, 0) is 19.8 Å². The van der Waals surface area contributed by atoms with E-state index in [0.717, 1.165) is 12.8 Å². The van der Waals surface area contributed by atoms with Crippen molar-refractivity contribution in [2.45, 2.75) is 58.0 Å². The number of aliphatic hydroxyl groups is 1. The average molecular weight is 169 g/mol. The second-order valence-corrected chi connectivity index (χ2v) is 3.55. The van der Waals surface area contributed by atoms with Gasteiger partial charge in [0, 0.05) is 0 Å². The first-order valence-corrected chi connectivity index (χ1v) is 4.76. The van der Waals surface area contributed by atoms with Crippen LogP contribution >= 0.6 is 0 Å². The number of hydrogen-bond acceptors (Lipinski definition) is 2. The minimum atomic E-state index is -1.10. The summed E-state index contributed by atoms with van der Waals surface area (Å²) < 4.78 is 0. The minimum absolute atomic E-state index is 0.604. The standard InChI is InChI=1S/C10H19NO/c1-3-4-5-6-7-8-10(2,12)9-11/h12H,3-8H2,1-2H3. The number of rotatable bonds is 6. The van der Waals surface area contributed by atoms with E-state index >= 15 is 0 Å². The monoisotopic (exact) mass is 169 g/mol. The van der Waals surface area contributed by atoms with Crippen LogP contribution in [-0.4, -0.2) is 10.7 Å². The molecule has 0 aromatic carbocycles. The predicted molar refractivity (Wildman–Crippen MR) is 49.6 cm³/mol. The summed E-state index contributed by atoms with van der Waals surface area (Å²) in [5.41, 5.74) is -1.10. The molecule has 0 aliphatic rings. The third kappa shape index (κ3) is 6.18. The SMILES string of the molecule is CCCCCCCC(C)(O)C#N. The highest BCUT2D eigenvalue weighted by Gasteiger charge is 2.17. The van der Waals surface area contributed by atoms with Crippen molar-refractivity contribution in [1.29, 1.82) is 5.26 Å². The van der Waals surface area contributed by atoms with E-state index in [1.165, 1.54) is 19.3 Å². The largest absolute Gasteiger partial charge is 0.376 e. The molecule has 0 amide bonds. The Balaban J connectivity index is 3.27. The molecule has 2 nitrogen and oxygen atoms in total. The molecular formula is C10H19NO. The topological polar surface area (TPSA) is 44.0 Å². The lowest BCUT2D eigenvalue weighted by atomic mass is 9.99. The van der Waals surface area contributed by atoms with Gasteiger partial charge < -0.3 is 5.11 Å². The van der Waals surface area contributed by atoms with Crippen LogP contribution in [0, 0.1) is 11.3 Å². The number of hydrogen-bond donors (Lipinski definition) is 1. The first-order chi connectivity index (χ1) is 5.62. The fourth-order valence-corrected chi connectivity index (χ4v) is 1.13. The lowest BCUT2D eigenvalue weighted by Gasteiger charge is -2.12. The second-order valence-electron chi connectivity index (χ2n) is 3.55. The summed E-state index contributed by atoms with van der Waals surface area (Å²) in [6.45, 7) is 3.75. The summed E-state index contributed by atoms with van der Waals surface area (Å²) in [5.74, 6) is 0. The normalized spacial score (nSPS) is 15.2. The molecular weight excluding hydrogens is 150 g/mol. The van der Waals surface area contributed by atoms with Crippen LogP contribution in [-0.2, 0) is 0 Å². The van der Waals surface area contributed by atoms with E-state index in [9.17, 15) is 5.11 Å². The van der Waals surface area contributed by atoms with Crippen molar-refractivity contribution in [1.82, 2.24) is 0 Å². The summed E-state index contributed by atoms with van der Waals surface area (Å²) in [6.07, 6.45) is 6.40. The van der Waals surface area contributed by atoms with E-state index in [-0.39, 0.29) is 0 Å². The molecule has 0 aromatic rings. The van der Waals surface area contributed by atoms with Crippen LogP contribution in [0.5, 0.6) is 0 Å². The van der Waals surface area contributed by atoms with E-state index in [1.54, 1.807) is 6.92 Å². The molecule has 1 N–H and O–H groups in total. The fraction of sp³-hybridized carbons (Fsp3) is 0.900. The molecule has 0 radical (unpaired) electrons. The molecule has 0 spiro atoms. The van der Waals surface area contributed by atoms with E-state index in [0.29, 0.717) is 6.42 Å². The Morgan fingerprint density at radius 2 is 1.83 bits per heavy atom. The maximum absolute atomic E-state index is 9.32. The maximum atomic E-state index is 9.32. The van der Waals surface area contributed by atoms with Crippen LogP contribution in [0.2, 0.25) is 0 Å². The van der Waals surface area contributed by atoms with Gasteiger partial charge in [0.15, 0.2) is 0 Å². The zero-order chi connectivity index (χ0) is 9.45. The van der Waals surface area contributed by atoms with Gasteiger partial charge in [-0.3, -0.25) is 0 Å². The van der Waals surface area contributed by atoms with Gasteiger partial charge in [-0.25, -0.2) is 0 Å². The Kier molecular flexibility index (Phi) is 5.74. The molecule has 0 saturated carbocycles. The van der Waals surface area contributed by atoms with Gasteiger partial charge in [0.05, 0.1) is 6.07 Å². The number of unbranched alkanes of at least 4 members (excludes halogenated alkanes) is 4. The molecule has 0 bridgehead atoms. The molecule has 0 aliphatic carbocycles. The van der Waals surface area contributed by atoms with Crippen molar-refractivity contribution in [3.8, 4) is 6.07 Å². The van der Waals surface area contributed by atoms with Crippen molar-refractivity contribution in [2.75, 3.05) is 0 Å². The second kappa shape index (κ2) is 6.02. The molecule has 0 aromatic heterocycles. The molecule has 1 atom stereocenters. The summed E-state index contributed by atoms with van der Waals surface area (Å²) in [7, 11) is 0. The van der Waals surface area contributed by atoms with Gasteiger partial charge in [-0.1, -0.05) is 32.6 Å². The molecule has 2 heteroatoms. The lowest BCUT2D eigenvalue weighted by Crippen LogP contribution is -2.20. The first-order valence-electron chi connectivity index (χ1n) is 4.76. The van der Waals surface area contributed by atoms with Crippen molar-refractivity contribution in [2.24, 2.45) is 0 Å². The van der Waals surface area contributed by atoms with Gasteiger partial charge in [0.2, 0.25) is 0 Å². The van der Waals surface area contributed by atoms with Crippen LogP contribution < -0.4 is 0 Å². The molecule has 70 valence electrons. The van der Waals surface area contributed by atoms with Gasteiger partial charge in [-0.2, -0.15) is 5.26 Å². The van der Waals surface area contributed by atoms with Gasteiger partial charge in [0.25, 0.3) is 0 Å². The number of nitriles is 1. The van der Waals surface area contributed by atoms with Crippen molar-refractivity contribution >= 4 is 0 Å². The van der Waals surface area contributed by atoms with Gasteiger partial charge >= 0.3 is 0 Å². The highest BCUT2D eigenvalue weighted by molar-refractivity contribution is 4.95. The van der Waals surface area contributed by atoms with Crippen LogP contribution in [0.1, 0.15) is 52.4 Å². The summed E-state index contributed by atoms with van der Waals surface area (Å²) in [4.78, 5) is 0. The molecule has 0 fully saturated rings. The summed E-state index contributed by atoms with van der Waals surface area (Å²) in [5, 5.41) is 17.8. The third-order valence-corrected chi connectivity index (χ3v) is 2.01. The molecule has 0 rings (SSSR count). The zero-order valence-corrected chi connectivity index (χ0v) is 8.14. The highest BCUT2D eigenvalue weighted by Crippen LogP contribution is 2.14. The lowest BCUT2D eigenvalue weighted by molar-refractivity contribution is 0.106. The minimum Gasteiger partial charge on any atom is -0.376 e. The van der Waals surface area contributed by atoms with E-state index in [2.05, 4.69) is 6.92 Å². The van der Waals surface area contributed by atoms with Crippen molar-refractivity contribution < 1.29 is 5.11 Å². The summed E-state index contributed by atoms with van der Waals surface area (Å²) >= 11 is 0. The van der Waals surface area contributed by atoms with Crippen LogP contribution in [0.25, 0.3) is 0 Å². The fourth-order valence-electron chi connectivity index (χ4n) is 1.13. The third-order valence-electron chi connectivity index (χ3n) is 2.01. The Bertz CT molecular complexity index is 146. The summed E-state index contributed by atoms with van der Waals surface area (Å²) in [6, 6.07) is 1.89. The van der Waals surface area contributed by atoms with Crippen molar-refractivity contribution in [3.05, 3.63) is 0 Å². The molecule has 0 saturated heterocycles. The quantitative estimate of drug-likeness (QED) is 0.490. The zero-order valence-electron chi connectivity index (χ0n) is 8.14. The first kappa shape index (κ1) is 11.4. The van der Waals surface area contributed by atoms with Crippen LogP contribution in [0.15, 0.2) is 0 Å². The van der Waals surface area contributed by atoms with Crippen LogP contribution in [0.4, 0.5) is 0 Å². The molecule has 0 heterocycles. The Morgan fingerprint density at radius 3 is 2.33 bits per heavy atom. The molecule has 0 aliphatic heterocycles. The van der Waals surface area contributed by atoms with Gasteiger partial charge in [0.1, 0.15) is 5.60 Å². The van der Waals surface area contributed by atoms with Crippen LogP contribution in [0.3, 0.4) is 0 Å². The molecule has 12 heavy (non-hydrogen) atoms. The number of nitrogens with zero attached hydrogens (tertiary/aromatic N) is 1. The Labute approximate surface area is 75.2 Å². The van der Waals surface area contributed by atoms with E-state index in [1.807, 2.05) is 6.07 Å². The van der Waals surface area contributed by atoms with E-state index in [4.69, 9.17) is 5.26 Å². The molecule has 1 unspecified atom stereocenters. The Hall–Kier alpha value is -0.550. The predicted octanol–water partition coefficient (Wildman–Crippen LogP) is 2.62. The van der Waals surface area contributed by atoms with Crippen molar-refractivity contribution in [3.63, 3.8) is 0 Å². The Morgan fingerprint density at radius 1 is 1.25 bits per heavy atom.